The summed E-state index contributed by atoms with van der Waals surface area (Å²) in [6.45, 7) is 2.64. The number of benzene rings is 2. The molecule has 0 fully saturated rings. The Morgan fingerprint density at radius 3 is 2.19 bits per heavy atom. The Morgan fingerprint density at radius 1 is 0.969 bits per heavy atom. The van der Waals surface area contributed by atoms with Crippen molar-refractivity contribution >= 4 is 18.0 Å². The number of nitrogens with one attached hydrogen (secondary N) is 2. The molecule has 2 amide bonds. The van der Waals surface area contributed by atoms with Crippen molar-refractivity contribution in [1.82, 2.24) is 10.6 Å². The molecule has 170 valence electrons. The molecular weight excluding hydrogens is 408 g/mol. The highest BCUT2D eigenvalue weighted by atomic mass is 16.5. The SMILES string of the molecule is CCCCCCNC(=O)C(CC(=O)O)NC(=O)OCC1c2ccccc2-c2ccccc21. The van der Waals surface area contributed by atoms with Gasteiger partial charge in [0.1, 0.15) is 12.6 Å². The number of alkyl carbamates (subject to hydrolysis) is 1. The summed E-state index contributed by atoms with van der Waals surface area (Å²) in [6, 6.07) is 14.8. The first kappa shape index (κ1) is 23.3. The Labute approximate surface area is 188 Å². The van der Waals surface area contributed by atoms with Crippen LogP contribution in [0.2, 0.25) is 0 Å². The van der Waals surface area contributed by atoms with Crippen LogP contribution in [-0.2, 0) is 14.3 Å². The minimum Gasteiger partial charge on any atom is -0.481 e. The zero-order valence-corrected chi connectivity index (χ0v) is 18.3. The number of aliphatic carboxylic acids is 1. The second-order valence-electron chi connectivity index (χ2n) is 7.97. The van der Waals surface area contributed by atoms with Gasteiger partial charge in [-0.3, -0.25) is 9.59 Å². The normalized spacial score (nSPS) is 13.0. The van der Waals surface area contributed by atoms with Crippen molar-refractivity contribution in [2.45, 2.75) is 51.0 Å². The summed E-state index contributed by atoms with van der Waals surface area (Å²) in [5, 5.41) is 14.3. The molecule has 2 aromatic carbocycles. The van der Waals surface area contributed by atoms with Gasteiger partial charge in [-0.05, 0) is 28.7 Å². The van der Waals surface area contributed by atoms with Crippen molar-refractivity contribution in [3.05, 3.63) is 59.7 Å². The predicted molar refractivity (Wildman–Crippen MR) is 121 cm³/mol. The molecule has 2 aromatic rings. The molecule has 0 saturated carbocycles. The first-order valence-electron chi connectivity index (χ1n) is 11.1. The number of unbranched alkanes of at least 4 members (excludes halogenated alkanes) is 3. The molecule has 7 heteroatoms. The van der Waals surface area contributed by atoms with Gasteiger partial charge in [0.05, 0.1) is 6.42 Å². The van der Waals surface area contributed by atoms with E-state index >= 15 is 0 Å². The van der Waals surface area contributed by atoms with E-state index in [9.17, 15) is 14.4 Å². The molecule has 0 saturated heterocycles. The fourth-order valence-corrected chi connectivity index (χ4v) is 4.05. The Kier molecular flexibility index (Phi) is 8.25. The van der Waals surface area contributed by atoms with E-state index < -0.39 is 30.4 Å². The largest absolute Gasteiger partial charge is 0.481 e. The van der Waals surface area contributed by atoms with Gasteiger partial charge in [0.25, 0.3) is 0 Å². The van der Waals surface area contributed by atoms with Crippen LogP contribution in [0.25, 0.3) is 11.1 Å². The maximum Gasteiger partial charge on any atom is 0.407 e. The number of rotatable bonds is 11. The highest BCUT2D eigenvalue weighted by Crippen LogP contribution is 2.44. The average Bonchev–Trinajstić information content (AvgIpc) is 3.10. The van der Waals surface area contributed by atoms with Crippen LogP contribution in [0.15, 0.2) is 48.5 Å². The van der Waals surface area contributed by atoms with E-state index in [1.807, 2.05) is 48.5 Å². The second kappa shape index (κ2) is 11.3. The number of carbonyl (C=O) groups is 3. The van der Waals surface area contributed by atoms with E-state index in [2.05, 4.69) is 17.6 Å². The van der Waals surface area contributed by atoms with Crippen molar-refractivity contribution in [3.8, 4) is 11.1 Å². The number of hydrogen-bond acceptors (Lipinski definition) is 4. The van der Waals surface area contributed by atoms with E-state index in [4.69, 9.17) is 9.84 Å². The maximum atomic E-state index is 12.4. The topological polar surface area (TPSA) is 105 Å². The molecule has 3 N–H and O–H groups in total. The fourth-order valence-electron chi connectivity index (χ4n) is 4.05. The minimum atomic E-state index is -1.19. The first-order chi connectivity index (χ1) is 15.5. The maximum absolute atomic E-state index is 12.4. The van der Waals surface area contributed by atoms with Crippen molar-refractivity contribution in [2.75, 3.05) is 13.2 Å². The fraction of sp³-hybridized carbons (Fsp3) is 0.400. The average molecular weight is 439 g/mol. The summed E-state index contributed by atoms with van der Waals surface area (Å²) in [5.41, 5.74) is 4.38. The summed E-state index contributed by atoms with van der Waals surface area (Å²) in [6.07, 6.45) is 2.64. The van der Waals surface area contributed by atoms with Gasteiger partial charge < -0.3 is 20.5 Å². The van der Waals surface area contributed by atoms with Gasteiger partial charge in [-0.25, -0.2) is 4.79 Å². The lowest BCUT2D eigenvalue weighted by atomic mass is 9.98. The van der Waals surface area contributed by atoms with Gasteiger partial charge in [-0.15, -0.1) is 0 Å². The van der Waals surface area contributed by atoms with Crippen molar-refractivity contribution in [3.63, 3.8) is 0 Å². The molecule has 0 aliphatic heterocycles. The third kappa shape index (κ3) is 5.87. The minimum absolute atomic E-state index is 0.0955. The zero-order chi connectivity index (χ0) is 22.9. The summed E-state index contributed by atoms with van der Waals surface area (Å²) in [7, 11) is 0. The molecule has 1 atom stereocenters. The molecular formula is C25H30N2O5. The highest BCUT2D eigenvalue weighted by Gasteiger charge is 2.30. The molecule has 0 heterocycles. The van der Waals surface area contributed by atoms with Gasteiger partial charge >= 0.3 is 12.1 Å². The summed E-state index contributed by atoms with van der Waals surface area (Å²) < 4.78 is 5.44. The second-order valence-corrected chi connectivity index (χ2v) is 7.97. The smallest absolute Gasteiger partial charge is 0.407 e. The molecule has 1 aliphatic carbocycles. The zero-order valence-electron chi connectivity index (χ0n) is 18.3. The van der Waals surface area contributed by atoms with Crippen molar-refractivity contribution < 1.29 is 24.2 Å². The third-order valence-corrected chi connectivity index (χ3v) is 5.66. The van der Waals surface area contributed by atoms with Crippen LogP contribution in [0, 0.1) is 0 Å². The molecule has 0 aromatic heterocycles. The van der Waals surface area contributed by atoms with Gasteiger partial charge in [-0.1, -0.05) is 74.7 Å². The number of fused-ring (bicyclic) bond motifs is 3. The molecule has 0 spiro atoms. The van der Waals surface area contributed by atoms with Crippen LogP contribution in [0.1, 0.15) is 56.1 Å². The number of amides is 2. The molecule has 32 heavy (non-hydrogen) atoms. The standard InChI is InChI=1S/C25H30N2O5/c1-2-3-4-9-14-26-24(30)22(15-23(28)29)27-25(31)32-16-21-19-12-7-5-10-17(19)18-11-6-8-13-20(18)21/h5-8,10-13,21-22H,2-4,9,14-16H2,1H3,(H,26,30)(H,27,31)(H,28,29). The monoisotopic (exact) mass is 438 g/mol. The van der Waals surface area contributed by atoms with E-state index in [0.29, 0.717) is 6.54 Å². The van der Waals surface area contributed by atoms with E-state index in [0.717, 1.165) is 47.9 Å². The lowest BCUT2D eigenvalue weighted by Gasteiger charge is -2.18. The van der Waals surface area contributed by atoms with Gasteiger partial charge in [0.15, 0.2) is 0 Å². The Morgan fingerprint density at radius 2 is 1.59 bits per heavy atom. The Hall–Kier alpha value is -3.35. The number of hydrogen-bond donors (Lipinski definition) is 3. The van der Waals surface area contributed by atoms with Crippen LogP contribution in [0.4, 0.5) is 4.79 Å². The number of carboxylic acid groups (broad SMARTS) is 1. The summed E-state index contributed by atoms with van der Waals surface area (Å²) in [4.78, 5) is 36.0. The van der Waals surface area contributed by atoms with E-state index in [1.54, 1.807) is 0 Å². The predicted octanol–water partition coefficient (Wildman–Crippen LogP) is 4.06. The Balaban J connectivity index is 1.58. The quantitative estimate of drug-likeness (QED) is 0.459. The van der Waals surface area contributed by atoms with E-state index in [-0.39, 0.29) is 12.5 Å². The highest BCUT2D eigenvalue weighted by molar-refractivity contribution is 5.89. The van der Waals surface area contributed by atoms with Gasteiger partial charge in [0, 0.05) is 12.5 Å². The van der Waals surface area contributed by atoms with E-state index in [1.165, 1.54) is 0 Å². The van der Waals surface area contributed by atoms with Crippen LogP contribution >= 0.6 is 0 Å². The molecule has 3 rings (SSSR count). The summed E-state index contributed by atoms with van der Waals surface area (Å²) >= 11 is 0. The molecule has 1 aliphatic rings. The first-order valence-corrected chi connectivity index (χ1v) is 11.1. The Bertz CT molecular complexity index is 913. The summed E-state index contributed by atoms with van der Waals surface area (Å²) in [5.74, 6) is -1.80. The van der Waals surface area contributed by atoms with Crippen LogP contribution < -0.4 is 10.6 Å². The van der Waals surface area contributed by atoms with Gasteiger partial charge in [0.2, 0.25) is 5.91 Å². The number of carbonyl (C=O) groups excluding carboxylic acids is 2. The van der Waals surface area contributed by atoms with Crippen LogP contribution in [0.5, 0.6) is 0 Å². The van der Waals surface area contributed by atoms with Crippen LogP contribution in [0.3, 0.4) is 0 Å². The van der Waals surface area contributed by atoms with Crippen LogP contribution in [-0.4, -0.2) is 42.3 Å². The molecule has 0 radical (unpaired) electrons. The van der Waals surface area contributed by atoms with Gasteiger partial charge in [-0.2, -0.15) is 0 Å². The molecule has 7 nitrogen and oxygen atoms in total. The lowest BCUT2D eigenvalue weighted by Crippen LogP contribution is -2.48. The van der Waals surface area contributed by atoms with Crippen molar-refractivity contribution in [2.24, 2.45) is 0 Å². The number of ether oxygens (including phenoxy) is 1. The van der Waals surface area contributed by atoms with Crippen molar-refractivity contribution in [1.29, 1.82) is 0 Å². The third-order valence-electron chi connectivity index (χ3n) is 5.66. The lowest BCUT2D eigenvalue weighted by molar-refractivity contribution is -0.139. The molecule has 0 bridgehead atoms. The molecule has 1 unspecified atom stereocenters. The number of carboxylic acids is 1.